The van der Waals surface area contributed by atoms with E-state index in [0.29, 0.717) is 12.1 Å². The van der Waals surface area contributed by atoms with E-state index < -0.39 is 0 Å². The summed E-state index contributed by atoms with van der Waals surface area (Å²) in [7, 11) is 1.65. The zero-order chi connectivity index (χ0) is 13.0. The molecule has 1 heterocycles. The van der Waals surface area contributed by atoms with Gasteiger partial charge in [-0.3, -0.25) is 9.59 Å². The molecule has 0 aliphatic carbocycles. The summed E-state index contributed by atoms with van der Waals surface area (Å²) < 4.78 is 1.42. The standard InChI is InChI=1S/C14H14N2O2/c1-16-8-7-12(9-13(16)17)14(18)15-10-11-5-3-2-4-6-11/h2-9H,10H2,1H3,(H,15,18). The second kappa shape index (κ2) is 5.31. The van der Waals surface area contributed by atoms with E-state index in [4.69, 9.17) is 0 Å². The van der Waals surface area contributed by atoms with Crippen molar-refractivity contribution in [2.75, 3.05) is 0 Å². The predicted molar refractivity (Wildman–Crippen MR) is 69.3 cm³/mol. The molecule has 4 nitrogen and oxygen atoms in total. The minimum atomic E-state index is -0.239. The van der Waals surface area contributed by atoms with E-state index >= 15 is 0 Å². The van der Waals surface area contributed by atoms with Gasteiger partial charge in [0.15, 0.2) is 0 Å². The average molecular weight is 242 g/mol. The number of carbonyl (C=O) groups is 1. The molecule has 0 saturated heterocycles. The zero-order valence-corrected chi connectivity index (χ0v) is 10.1. The third kappa shape index (κ3) is 2.85. The van der Waals surface area contributed by atoms with Crippen LogP contribution in [0.5, 0.6) is 0 Å². The van der Waals surface area contributed by atoms with Crippen molar-refractivity contribution in [2.45, 2.75) is 6.54 Å². The summed E-state index contributed by atoms with van der Waals surface area (Å²) in [5, 5.41) is 2.77. The molecule has 0 aliphatic heterocycles. The molecule has 0 aliphatic rings. The second-order valence-corrected chi connectivity index (χ2v) is 4.03. The van der Waals surface area contributed by atoms with Crippen LogP contribution in [0.1, 0.15) is 15.9 Å². The van der Waals surface area contributed by atoms with Crippen molar-refractivity contribution in [1.29, 1.82) is 0 Å². The lowest BCUT2D eigenvalue weighted by atomic mass is 10.2. The van der Waals surface area contributed by atoms with Gasteiger partial charge in [0.05, 0.1) is 0 Å². The number of aryl methyl sites for hydroxylation is 1. The normalized spacial score (nSPS) is 10.1. The Morgan fingerprint density at radius 1 is 1.22 bits per heavy atom. The Morgan fingerprint density at radius 3 is 2.61 bits per heavy atom. The SMILES string of the molecule is Cn1ccc(C(=O)NCc2ccccc2)cc1=O. The molecule has 0 spiro atoms. The summed E-state index contributed by atoms with van der Waals surface area (Å²) in [6.45, 7) is 0.453. The molecule has 0 saturated carbocycles. The van der Waals surface area contributed by atoms with Gasteiger partial charge in [0.1, 0.15) is 0 Å². The first kappa shape index (κ1) is 12.1. The fourth-order valence-electron chi connectivity index (χ4n) is 1.57. The molecule has 2 aromatic rings. The maximum Gasteiger partial charge on any atom is 0.251 e. The van der Waals surface area contributed by atoms with E-state index in [2.05, 4.69) is 5.32 Å². The van der Waals surface area contributed by atoms with Gasteiger partial charge in [0, 0.05) is 31.4 Å². The van der Waals surface area contributed by atoms with Crippen LogP contribution in [0.3, 0.4) is 0 Å². The Hall–Kier alpha value is -2.36. The predicted octanol–water partition coefficient (Wildman–Crippen LogP) is 1.32. The molecule has 2 rings (SSSR count). The van der Waals surface area contributed by atoms with Crippen molar-refractivity contribution < 1.29 is 4.79 Å². The van der Waals surface area contributed by atoms with Crippen LogP contribution in [0.25, 0.3) is 0 Å². The molecular formula is C14H14N2O2. The molecule has 92 valence electrons. The van der Waals surface area contributed by atoms with Gasteiger partial charge in [-0.1, -0.05) is 30.3 Å². The van der Waals surface area contributed by atoms with Gasteiger partial charge in [-0.2, -0.15) is 0 Å². The first-order valence-electron chi connectivity index (χ1n) is 5.65. The van der Waals surface area contributed by atoms with Crippen molar-refractivity contribution in [3.8, 4) is 0 Å². The molecule has 1 amide bonds. The van der Waals surface area contributed by atoms with Crippen molar-refractivity contribution in [3.63, 3.8) is 0 Å². The molecule has 0 atom stereocenters. The van der Waals surface area contributed by atoms with Gasteiger partial charge < -0.3 is 9.88 Å². The van der Waals surface area contributed by atoms with Gasteiger partial charge in [-0.25, -0.2) is 0 Å². The summed E-state index contributed by atoms with van der Waals surface area (Å²) >= 11 is 0. The lowest BCUT2D eigenvalue weighted by Gasteiger charge is -2.05. The highest BCUT2D eigenvalue weighted by Gasteiger charge is 2.06. The molecule has 0 radical (unpaired) electrons. The van der Waals surface area contributed by atoms with Gasteiger partial charge in [-0.05, 0) is 11.6 Å². The summed E-state index contributed by atoms with van der Waals surface area (Å²) in [6, 6.07) is 12.6. The Labute approximate surface area is 105 Å². The largest absolute Gasteiger partial charge is 0.348 e. The number of hydrogen-bond acceptors (Lipinski definition) is 2. The van der Waals surface area contributed by atoms with E-state index in [1.54, 1.807) is 19.3 Å². The summed E-state index contributed by atoms with van der Waals surface area (Å²) in [5.74, 6) is -0.239. The third-order valence-corrected chi connectivity index (χ3v) is 2.66. The number of carbonyl (C=O) groups excluding carboxylic acids is 1. The third-order valence-electron chi connectivity index (χ3n) is 2.66. The first-order chi connectivity index (χ1) is 8.66. The quantitative estimate of drug-likeness (QED) is 0.882. The van der Waals surface area contributed by atoms with E-state index in [1.165, 1.54) is 10.6 Å². The molecular weight excluding hydrogens is 228 g/mol. The highest BCUT2D eigenvalue weighted by atomic mass is 16.2. The number of aromatic nitrogens is 1. The molecule has 1 N–H and O–H groups in total. The molecule has 18 heavy (non-hydrogen) atoms. The fraction of sp³-hybridized carbons (Fsp3) is 0.143. The summed E-state index contributed by atoms with van der Waals surface area (Å²) in [6.07, 6.45) is 1.58. The molecule has 4 heteroatoms. The Bertz CT molecular complexity index is 603. The Morgan fingerprint density at radius 2 is 1.94 bits per heavy atom. The number of pyridine rings is 1. The number of hydrogen-bond donors (Lipinski definition) is 1. The number of amides is 1. The van der Waals surface area contributed by atoms with Gasteiger partial charge >= 0.3 is 0 Å². The van der Waals surface area contributed by atoms with Crippen LogP contribution in [0.15, 0.2) is 53.5 Å². The lowest BCUT2D eigenvalue weighted by molar-refractivity contribution is 0.0950. The minimum absolute atomic E-state index is 0.192. The lowest BCUT2D eigenvalue weighted by Crippen LogP contribution is -2.25. The van der Waals surface area contributed by atoms with Gasteiger partial charge in [-0.15, -0.1) is 0 Å². The number of rotatable bonds is 3. The van der Waals surface area contributed by atoms with E-state index in [0.717, 1.165) is 5.56 Å². The van der Waals surface area contributed by atoms with E-state index in [1.807, 2.05) is 30.3 Å². The van der Waals surface area contributed by atoms with Gasteiger partial charge in [0.2, 0.25) is 0 Å². The average Bonchev–Trinajstić information content (AvgIpc) is 2.40. The number of nitrogens with one attached hydrogen (secondary N) is 1. The van der Waals surface area contributed by atoms with Crippen LogP contribution >= 0.6 is 0 Å². The van der Waals surface area contributed by atoms with Gasteiger partial charge in [0.25, 0.3) is 11.5 Å². The number of benzene rings is 1. The highest BCUT2D eigenvalue weighted by molar-refractivity contribution is 5.93. The van der Waals surface area contributed by atoms with Crippen molar-refractivity contribution in [3.05, 3.63) is 70.1 Å². The first-order valence-corrected chi connectivity index (χ1v) is 5.65. The monoisotopic (exact) mass is 242 g/mol. The number of nitrogens with zero attached hydrogens (tertiary/aromatic N) is 1. The molecule has 0 bridgehead atoms. The molecule has 1 aromatic carbocycles. The van der Waals surface area contributed by atoms with Crippen LogP contribution in [0.2, 0.25) is 0 Å². The summed E-state index contributed by atoms with van der Waals surface area (Å²) in [5.41, 5.74) is 1.21. The molecule has 0 unspecified atom stereocenters. The van der Waals surface area contributed by atoms with Crippen LogP contribution < -0.4 is 10.9 Å². The fourth-order valence-corrected chi connectivity index (χ4v) is 1.57. The van der Waals surface area contributed by atoms with Crippen LogP contribution in [0, 0.1) is 0 Å². The summed E-state index contributed by atoms with van der Waals surface area (Å²) in [4.78, 5) is 23.2. The van der Waals surface area contributed by atoms with Crippen molar-refractivity contribution >= 4 is 5.91 Å². The molecule has 0 fully saturated rings. The van der Waals surface area contributed by atoms with E-state index in [9.17, 15) is 9.59 Å². The van der Waals surface area contributed by atoms with Crippen LogP contribution in [-0.2, 0) is 13.6 Å². The van der Waals surface area contributed by atoms with Crippen molar-refractivity contribution in [1.82, 2.24) is 9.88 Å². The maximum absolute atomic E-state index is 11.8. The molecule has 1 aromatic heterocycles. The Balaban J connectivity index is 2.04. The van der Waals surface area contributed by atoms with E-state index in [-0.39, 0.29) is 11.5 Å². The zero-order valence-electron chi connectivity index (χ0n) is 10.1. The van der Waals surface area contributed by atoms with Crippen molar-refractivity contribution in [2.24, 2.45) is 7.05 Å². The maximum atomic E-state index is 11.8. The topological polar surface area (TPSA) is 51.1 Å². The smallest absolute Gasteiger partial charge is 0.251 e. The highest BCUT2D eigenvalue weighted by Crippen LogP contribution is 1.99. The second-order valence-electron chi connectivity index (χ2n) is 4.03. The van der Waals surface area contributed by atoms with Crippen LogP contribution in [0.4, 0.5) is 0 Å². The van der Waals surface area contributed by atoms with Crippen LogP contribution in [-0.4, -0.2) is 10.5 Å². The Kier molecular flexibility index (Phi) is 3.57. The minimum Gasteiger partial charge on any atom is -0.348 e.